The second-order valence-corrected chi connectivity index (χ2v) is 6.88. The van der Waals surface area contributed by atoms with Crippen LogP contribution in [0.15, 0.2) is 36.7 Å². The Bertz CT molecular complexity index is 601. The number of aromatic nitrogens is 1. The van der Waals surface area contributed by atoms with E-state index in [-0.39, 0.29) is 17.9 Å². The van der Waals surface area contributed by atoms with E-state index in [2.05, 4.69) is 4.98 Å². The first kappa shape index (κ1) is 16.1. The third-order valence-corrected chi connectivity index (χ3v) is 5.12. The Balaban J connectivity index is 1.74. The largest absolute Gasteiger partial charge is 0.334 e. The summed E-state index contributed by atoms with van der Waals surface area (Å²) in [5.41, 5.74) is 1.03. The normalized spacial score (nSPS) is 20.9. The Labute approximate surface area is 140 Å². The van der Waals surface area contributed by atoms with Crippen molar-refractivity contribution in [2.24, 2.45) is 0 Å². The SMILES string of the molecule is C/C=C/C(=O)N1CSC[C@H]1C(=O)N(Cc1cccnc1)C1CC1. The molecule has 0 radical (unpaired) electrons. The molecule has 2 fully saturated rings. The van der Waals surface area contributed by atoms with Gasteiger partial charge in [0.2, 0.25) is 11.8 Å². The Morgan fingerprint density at radius 2 is 2.30 bits per heavy atom. The van der Waals surface area contributed by atoms with Crippen LogP contribution in [-0.2, 0) is 16.1 Å². The van der Waals surface area contributed by atoms with Crippen molar-refractivity contribution in [3.63, 3.8) is 0 Å². The second kappa shape index (κ2) is 7.17. The van der Waals surface area contributed by atoms with Gasteiger partial charge in [-0.15, -0.1) is 11.8 Å². The van der Waals surface area contributed by atoms with Gasteiger partial charge in [-0.3, -0.25) is 14.6 Å². The number of hydrogen-bond acceptors (Lipinski definition) is 4. The highest BCUT2D eigenvalue weighted by Gasteiger charge is 2.41. The summed E-state index contributed by atoms with van der Waals surface area (Å²) in [6.07, 6.45) is 8.89. The first-order chi connectivity index (χ1) is 11.2. The Kier molecular flexibility index (Phi) is 5.00. The predicted octanol–water partition coefficient (Wildman–Crippen LogP) is 2.05. The van der Waals surface area contributed by atoms with Crippen LogP contribution in [0.25, 0.3) is 0 Å². The van der Waals surface area contributed by atoms with Gasteiger partial charge in [0, 0.05) is 30.7 Å². The number of pyridine rings is 1. The lowest BCUT2D eigenvalue weighted by atomic mass is 10.2. The molecule has 1 saturated heterocycles. The fourth-order valence-electron chi connectivity index (χ4n) is 2.76. The van der Waals surface area contributed by atoms with Gasteiger partial charge in [-0.25, -0.2) is 0 Å². The molecule has 122 valence electrons. The number of carbonyl (C=O) groups is 2. The molecule has 1 saturated carbocycles. The van der Waals surface area contributed by atoms with Gasteiger partial charge in [-0.1, -0.05) is 12.1 Å². The molecule has 1 atom stereocenters. The maximum absolute atomic E-state index is 13.0. The average Bonchev–Trinajstić information content (AvgIpc) is 3.28. The summed E-state index contributed by atoms with van der Waals surface area (Å²) < 4.78 is 0. The summed E-state index contributed by atoms with van der Waals surface area (Å²) in [5.74, 6) is 1.26. The molecule has 23 heavy (non-hydrogen) atoms. The Hall–Kier alpha value is -1.82. The second-order valence-electron chi connectivity index (χ2n) is 5.88. The van der Waals surface area contributed by atoms with Crippen LogP contribution in [0.5, 0.6) is 0 Å². The van der Waals surface area contributed by atoms with E-state index in [1.807, 2.05) is 24.0 Å². The Morgan fingerprint density at radius 1 is 1.48 bits per heavy atom. The van der Waals surface area contributed by atoms with Gasteiger partial charge in [-0.2, -0.15) is 0 Å². The van der Waals surface area contributed by atoms with Crippen molar-refractivity contribution in [1.82, 2.24) is 14.8 Å². The van der Waals surface area contributed by atoms with Crippen LogP contribution in [0.4, 0.5) is 0 Å². The number of hydrogen-bond donors (Lipinski definition) is 0. The highest BCUT2D eigenvalue weighted by atomic mass is 32.2. The van der Waals surface area contributed by atoms with Gasteiger partial charge < -0.3 is 9.80 Å². The monoisotopic (exact) mass is 331 g/mol. The summed E-state index contributed by atoms with van der Waals surface area (Å²) in [6.45, 7) is 2.39. The minimum atomic E-state index is -0.346. The van der Waals surface area contributed by atoms with Crippen LogP contribution < -0.4 is 0 Å². The maximum atomic E-state index is 13.0. The van der Waals surface area contributed by atoms with Crippen LogP contribution in [0.3, 0.4) is 0 Å². The predicted molar refractivity (Wildman–Crippen MR) is 90.6 cm³/mol. The zero-order chi connectivity index (χ0) is 16.2. The molecule has 2 amide bonds. The van der Waals surface area contributed by atoms with E-state index in [1.54, 1.807) is 35.1 Å². The van der Waals surface area contributed by atoms with Crippen LogP contribution in [0, 0.1) is 0 Å². The fraction of sp³-hybridized carbons (Fsp3) is 0.471. The number of rotatable bonds is 5. The number of amides is 2. The van der Waals surface area contributed by atoms with Crippen molar-refractivity contribution < 1.29 is 9.59 Å². The topological polar surface area (TPSA) is 53.5 Å². The quantitative estimate of drug-likeness (QED) is 0.775. The van der Waals surface area contributed by atoms with Crippen molar-refractivity contribution in [3.05, 3.63) is 42.2 Å². The molecule has 1 aliphatic heterocycles. The molecular formula is C17H21N3O2S. The number of carbonyl (C=O) groups excluding carboxylic acids is 2. The third-order valence-electron chi connectivity index (χ3n) is 4.11. The molecule has 1 aromatic heterocycles. The molecule has 2 aliphatic rings. The van der Waals surface area contributed by atoms with E-state index in [0.29, 0.717) is 24.2 Å². The smallest absolute Gasteiger partial charge is 0.247 e. The van der Waals surface area contributed by atoms with Gasteiger partial charge in [0.25, 0.3) is 0 Å². The molecule has 0 N–H and O–H groups in total. The van der Waals surface area contributed by atoms with E-state index in [0.717, 1.165) is 18.4 Å². The van der Waals surface area contributed by atoms with Crippen molar-refractivity contribution in [1.29, 1.82) is 0 Å². The lowest BCUT2D eigenvalue weighted by Gasteiger charge is -2.29. The number of allylic oxidation sites excluding steroid dienone is 1. The third kappa shape index (κ3) is 3.75. The van der Waals surface area contributed by atoms with Crippen molar-refractivity contribution >= 4 is 23.6 Å². The van der Waals surface area contributed by atoms with Crippen molar-refractivity contribution in [3.8, 4) is 0 Å². The van der Waals surface area contributed by atoms with Crippen LogP contribution >= 0.6 is 11.8 Å². The van der Waals surface area contributed by atoms with Gasteiger partial charge in [0.15, 0.2) is 0 Å². The molecule has 0 unspecified atom stereocenters. The van der Waals surface area contributed by atoms with Gasteiger partial charge >= 0.3 is 0 Å². The summed E-state index contributed by atoms with van der Waals surface area (Å²) in [7, 11) is 0. The average molecular weight is 331 g/mol. The molecule has 6 heteroatoms. The van der Waals surface area contributed by atoms with Gasteiger partial charge in [0.1, 0.15) is 6.04 Å². The van der Waals surface area contributed by atoms with E-state index in [1.165, 1.54) is 6.08 Å². The molecule has 0 bridgehead atoms. The molecular weight excluding hydrogens is 310 g/mol. The minimum absolute atomic E-state index is 0.0687. The highest BCUT2D eigenvalue weighted by molar-refractivity contribution is 7.99. The molecule has 0 aromatic carbocycles. The molecule has 5 nitrogen and oxygen atoms in total. The lowest BCUT2D eigenvalue weighted by molar-refractivity contribution is -0.142. The summed E-state index contributed by atoms with van der Waals surface area (Å²) in [4.78, 5) is 32.9. The van der Waals surface area contributed by atoms with Gasteiger partial charge in [-0.05, 0) is 37.5 Å². The van der Waals surface area contributed by atoms with Crippen LogP contribution in [0.1, 0.15) is 25.3 Å². The lowest BCUT2D eigenvalue weighted by Crippen LogP contribution is -2.49. The first-order valence-electron chi connectivity index (χ1n) is 7.91. The zero-order valence-corrected chi connectivity index (χ0v) is 14.0. The minimum Gasteiger partial charge on any atom is -0.334 e. The summed E-state index contributed by atoms with van der Waals surface area (Å²) in [6, 6.07) is 3.84. The number of thioether (sulfide) groups is 1. The maximum Gasteiger partial charge on any atom is 0.247 e. The highest BCUT2D eigenvalue weighted by Crippen LogP contribution is 2.31. The van der Waals surface area contributed by atoms with E-state index < -0.39 is 0 Å². The molecule has 2 heterocycles. The summed E-state index contributed by atoms with van der Waals surface area (Å²) >= 11 is 1.64. The van der Waals surface area contributed by atoms with E-state index in [4.69, 9.17) is 0 Å². The standard InChI is InChI=1S/C17H21N3O2S/c1-2-4-16(21)20-12-23-11-15(20)17(22)19(14-6-7-14)10-13-5-3-8-18-9-13/h2-5,8-9,14-15H,6-7,10-12H2,1H3/b4-2+/t15-/m0/s1. The van der Waals surface area contributed by atoms with Crippen molar-refractivity contribution in [2.75, 3.05) is 11.6 Å². The zero-order valence-electron chi connectivity index (χ0n) is 13.2. The first-order valence-corrected chi connectivity index (χ1v) is 9.06. The molecule has 1 aliphatic carbocycles. The molecule has 1 aromatic rings. The van der Waals surface area contributed by atoms with E-state index in [9.17, 15) is 9.59 Å². The van der Waals surface area contributed by atoms with Crippen molar-refractivity contribution in [2.45, 2.75) is 38.4 Å². The molecule has 3 rings (SSSR count). The number of nitrogens with zero attached hydrogens (tertiary/aromatic N) is 3. The van der Waals surface area contributed by atoms with Crippen LogP contribution in [-0.4, -0.2) is 50.3 Å². The van der Waals surface area contributed by atoms with Crippen LogP contribution in [0.2, 0.25) is 0 Å². The fourth-order valence-corrected chi connectivity index (χ4v) is 3.91. The summed E-state index contributed by atoms with van der Waals surface area (Å²) in [5, 5.41) is 0. The molecule has 0 spiro atoms. The Morgan fingerprint density at radius 3 is 2.96 bits per heavy atom. The van der Waals surface area contributed by atoms with E-state index >= 15 is 0 Å². The van der Waals surface area contributed by atoms with Gasteiger partial charge in [0.05, 0.1) is 5.88 Å².